The number of carbonyl (C=O) groups excluding carboxylic acids is 1. The van der Waals surface area contributed by atoms with Gasteiger partial charge in [0.05, 0.1) is 11.5 Å². The Hall–Kier alpha value is -1.98. The quantitative estimate of drug-likeness (QED) is 0.378. The van der Waals surface area contributed by atoms with Crippen molar-refractivity contribution in [3.05, 3.63) is 46.3 Å². The molecule has 5 aliphatic carbocycles. The van der Waals surface area contributed by atoms with Gasteiger partial charge in [-0.3, -0.25) is 4.79 Å². The van der Waals surface area contributed by atoms with Crippen LogP contribution in [0.1, 0.15) is 112 Å². The van der Waals surface area contributed by atoms with Gasteiger partial charge in [-0.1, -0.05) is 60.1 Å². The van der Waals surface area contributed by atoms with Gasteiger partial charge in [-0.25, -0.2) is 0 Å². The van der Waals surface area contributed by atoms with Gasteiger partial charge in [-0.15, -0.1) is 10.2 Å². The van der Waals surface area contributed by atoms with Crippen molar-refractivity contribution in [1.29, 1.82) is 0 Å². The van der Waals surface area contributed by atoms with Gasteiger partial charge in [0.15, 0.2) is 5.78 Å². The third-order valence-corrected chi connectivity index (χ3v) is 14.6. The molecule has 4 saturated carbocycles. The summed E-state index contributed by atoms with van der Waals surface area (Å²) in [6.07, 6.45) is 8.79. The Morgan fingerprint density at radius 1 is 0.884 bits per heavy atom. The lowest BCUT2D eigenvalue weighted by Gasteiger charge is -2.72. The maximum atomic E-state index is 14.0. The summed E-state index contributed by atoms with van der Waals surface area (Å²) in [5.74, 6) is 3.00. The highest BCUT2D eigenvalue weighted by Crippen LogP contribution is 2.76. The molecule has 0 saturated heterocycles. The fourth-order valence-electron chi connectivity index (χ4n) is 12.0. The highest BCUT2D eigenvalue weighted by atomic mass is 35.5. The van der Waals surface area contributed by atoms with E-state index < -0.39 is 5.41 Å². The van der Waals surface area contributed by atoms with Crippen LogP contribution in [0, 0.1) is 45.3 Å². The molecule has 1 heterocycles. The molecule has 5 nitrogen and oxygen atoms in total. The molecule has 8 atom stereocenters. The van der Waals surface area contributed by atoms with Crippen molar-refractivity contribution in [1.82, 2.24) is 10.2 Å². The molecule has 4 fully saturated rings. The lowest BCUT2D eigenvalue weighted by atomic mass is 9.33. The molecule has 0 amide bonds. The van der Waals surface area contributed by atoms with Gasteiger partial charge >= 0.3 is 0 Å². The Kier molecular flexibility index (Phi) is 6.58. The summed E-state index contributed by atoms with van der Waals surface area (Å²) >= 11 is 6.14. The molecule has 43 heavy (non-hydrogen) atoms. The third-order valence-electron chi connectivity index (χ3n) is 14.3. The molecule has 0 unspecified atom stereocenters. The van der Waals surface area contributed by atoms with Gasteiger partial charge in [-0.05, 0) is 132 Å². The number of fused-ring (bicyclic) bond motifs is 7. The molecule has 0 radical (unpaired) electrons. The number of Topliss-reactive ketones (excluding diaryl/α,β-unsaturated/α-hetero) is 1. The summed E-state index contributed by atoms with van der Waals surface area (Å²) in [5.41, 5.74) is 3.10. The molecular weight excluding hydrogens is 556 g/mol. The van der Waals surface area contributed by atoms with Crippen molar-refractivity contribution in [3.8, 4) is 11.5 Å². The fraction of sp³-hybridized carbons (Fsp3) is 0.703. The van der Waals surface area contributed by atoms with Gasteiger partial charge in [0, 0.05) is 17.0 Å². The van der Waals surface area contributed by atoms with E-state index in [0.29, 0.717) is 41.0 Å². The number of rotatable bonds is 3. The van der Waals surface area contributed by atoms with Gasteiger partial charge < -0.3 is 9.52 Å². The molecule has 1 aromatic heterocycles. The van der Waals surface area contributed by atoms with Crippen molar-refractivity contribution < 1.29 is 14.3 Å². The van der Waals surface area contributed by atoms with Crippen molar-refractivity contribution >= 4 is 17.4 Å². The Labute approximate surface area is 262 Å². The van der Waals surface area contributed by atoms with E-state index in [1.165, 1.54) is 24.8 Å². The molecule has 0 aliphatic heterocycles. The second-order valence-electron chi connectivity index (χ2n) is 16.6. The van der Waals surface area contributed by atoms with Crippen LogP contribution in [0.15, 0.2) is 39.8 Å². The zero-order chi connectivity index (χ0) is 30.7. The number of aliphatic hydroxyl groups excluding tert-OH is 1. The van der Waals surface area contributed by atoms with Gasteiger partial charge in [0.25, 0.3) is 0 Å². The summed E-state index contributed by atoms with van der Waals surface area (Å²) in [6, 6.07) is 7.51. The number of carbonyl (C=O) groups is 1. The van der Waals surface area contributed by atoms with Crippen LogP contribution in [0.3, 0.4) is 0 Å². The van der Waals surface area contributed by atoms with E-state index in [9.17, 15) is 9.90 Å². The standard InChI is InChI=1S/C37H49ClN2O3/c1-21(2)29-25(41)20-37(32-40-39-31(43-32)22-8-10-23(38)11-9-22)19-18-35(6)24(30(29)37)12-13-27-34(5)16-15-28(42)33(3,4)26(34)14-17-36(27,35)7/h8-11,21,24,26-28,42H,12-20H2,1-7H3/t24-,26+,27-,28+,34+,35-,36-,37-/m1/s1. The summed E-state index contributed by atoms with van der Waals surface area (Å²) in [6.45, 7) is 16.7. The Balaban J connectivity index is 1.32. The predicted octanol–water partition coefficient (Wildman–Crippen LogP) is 8.98. The van der Waals surface area contributed by atoms with Crippen LogP contribution in [0.4, 0.5) is 0 Å². The normalized spacial score (nSPS) is 42.0. The summed E-state index contributed by atoms with van der Waals surface area (Å²) in [4.78, 5) is 14.0. The predicted molar refractivity (Wildman–Crippen MR) is 169 cm³/mol. The first-order valence-corrected chi connectivity index (χ1v) is 17.1. The number of hydrogen-bond donors (Lipinski definition) is 1. The second-order valence-corrected chi connectivity index (χ2v) is 17.0. The lowest BCUT2D eigenvalue weighted by molar-refractivity contribution is -0.227. The van der Waals surface area contributed by atoms with Crippen molar-refractivity contribution in [2.45, 2.75) is 118 Å². The molecule has 6 heteroatoms. The summed E-state index contributed by atoms with van der Waals surface area (Å²) in [5, 5.41) is 20.9. The molecule has 2 aromatic rings. The molecular formula is C37H49ClN2O3. The lowest BCUT2D eigenvalue weighted by Crippen LogP contribution is -2.65. The van der Waals surface area contributed by atoms with E-state index in [0.717, 1.165) is 43.2 Å². The van der Waals surface area contributed by atoms with Crippen molar-refractivity contribution in [3.63, 3.8) is 0 Å². The van der Waals surface area contributed by atoms with Gasteiger partial charge in [0.1, 0.15) is 0 Å². The highest BCUT2D eigenvalue weighted by molar-refractivity contribution is 6.30. The van der Waals surface area contributed by atoms with Crippen LogP contribution in [0.5, 0.6) is 0 Å². The van der Waals surface area contributed by atoms with Crippen LogP contribution < -0.4 is 0 Å². The monoisotopic (exact) mass is 604 g/mol. The van der Waals surface area contributed by atoms with Crippen LogP contribution in [0.2, 0.25) is 5.02 Å². The van der Waals surface area contributed by atoms with E-state index >= 15 is 0 Å². The number of nitrogens with zero attached hydrogens (tertiary/aromatic N) is 2. The first kappa shape index (κ1) is 29.7. The van der Waals surface area contributed by atoms with Crippen LogP contribution in [-0.2, 0) is 10.2 Å². The van der Waals surface area contributed by atoms with Gasteiger partial charge in [0.2, 0.25) is 11.8 Å². The second kappa shape index (κ2) is 9.52. The molecule has 7 rings (SSSR count). The summed E-state index contributed by atoms with van der Waals surface area (Å²) < 4.78 is 6.52. The van der Waals surface area contributed by atoms with Crippen LogP contribution >= 0.6 is 11.6 Å². The average molecular weight is 605 g/mol. The summed E-state index contributed by atoms with van der Waals surface area (Å²) in [7, 11) is 0. The fourth-order valence-corrected chi connectivity index (χ4v) is 12.1. The minimum atomic E-state index is -0.514. The average Bonchev–Trinajstić information content (AvgIpc) is 3.55. The number of aromatic nitrogens is 2. The number of ketones is 1. The Morgan fingerprint density at radius 2 is 1.60 bits per heavy atom. The first-order chi connectivity index (χ1) is 20.2. The molecule has 1 aromatic carbocycles. The van der Waals surface area contributed by atoms with Crippen LogP contribution in [-0.4, -0.2) is 27.2 Å². The minimum Gasteiger partial charge on any atom is -0.420 e. The molecule has 1 N–H and O–H groups in total. The smallest absolute Gasteiger partial charge is 0.247 e. The highest BCUT2D eigenvalue weighted by Gasteiger charge is 2.70. The number of benzene rings is 1. The zero-order valence-corrected chi connectivity index (χ0v) is 27.9. The van der Waals surface area contributed by atoms with Crippen LogP contribution in [0.25, 0.3) is 11.5 Å². The van der Waals surface area contributed by atoms with Gasteiger partial charge in [-0.2, -0.15) is 0 Å². The Morgan fingerprint density at radius 3 is 2.30 bits per heavy atom. The van der Waals surface area contributed by atoms with E-state index in [1.807, 2.05) is 24.3 Å². The maximum absolute atomic E-state index is 14.0. The van der Waals surface area contributed by atoms with E-state index in [-0.39, 0.29) is 39.5 Å². The number of halogens is 1. The topological polar surface area (TPSA) is 76.2 Å². The molecule has 0 spiro atoms. The SMILES string of the molecule is CC(C)C1=C2[C@H]3CC[C@@H]4[C@@]5(C)CC[C@H](O)C(C)(C)[C@@H]5CC[C@@]4(C)[C@]3(C)CC[C@@]2(c2nnc(-c3ccc(Cl)cc3)o2)CC1=O. The number of hydrogen-bond acceptors (Lipinski definition) is 5. The number of aliphatic hydroxyl groups is 1. The van der Waals surface area contributed by atoms with E-state index in [2.05, 4.69) is 58.7 Å². The van der Waals surface area contributed by atoms with E-state index in [1.54, 1.807) is 0 Å². The first-order valence-electron chi connectivity index (χ1n) is 16.7. The maximum Gasteiger partial charge on any atom is 0.247 e. The van der Waals surface area contributed by atoms with Crippen molar-refractivity contribution in [2.24, 2.45) is 45.3 Å². The third kappa shape index (κ3) is 3.82. The van der Waals surface area contributed by atoms with E-state index in [4.69, 9.17) is 16.0 Å². The van der Waals surface area contributed by atoms with Crippen molar-refractivity contribution in [2.75, 3.05) is 0 Å². The number of allylic oxidation sites excluding steroid dienone is 2. The Bertz CT molecular complexity index is 1490. The largest absolute Gasteiger partial charge is 0.420 e. The molecule has 232 valence electrons. The molecule has 5 aliphatic rings. The zero-order valence-electron chi connectivity index (χ0n) is 27.1. The molecule has 0 bridgehead atoms. The minimum absolute atomic E-state index is 0.0568.